The number of phenolic OH excluding ortho intramolecular Hbond substituents is 1. The lowest BCUT2D eigenvalue weighted by atomic mass is 9.81. The van der Waals surface area contributed by atoms with Crippen LogP contribution in [0.25, 0.3) is 6.08 Å². The van der Waals surface area contributed by atoms with Crippen LogP contribution in [0.2, 0.25) is 0 Å². The van der Waals surface area contributed by atoms with E-state index >= 15 is 0 Å². The van der Waals surface area contributed by atoms with Gasteiger partial charge in [0.2, 0.25) is 5.69 Å². The Morgan fingerprint density at radius 1 is 0.955 bits per heavy atom. The fourth-order valence-electron chi connectivity index (χ4n) is 3.06. The van der Waals surface area contributed by atoms with E-state index in [-0.39, 0.29) is 22.4 Å². The van der Waals surface area contributed by atoms with Crippen molar-refractivity contribution in [3.8, 4) is 5.75 Å². The Morgan fingerprint density at radius 3 is 2.23 bits per heavy atom. The summed E-state index contributed by atoms with van der Waals surface area (Å²) >= 11 is 0. The van der Waals surface area contributed by atoms with Gasteiger partial charge in [0.15, 0.2) is 5.71 Å². The minimum absolute atomic E-state index is 0. The van der Waals surface area contributed by atoms with Gasteiger partial charge in [0.25, 0.3) is 0 Å². The minimum atomic E-state index is -0.00123. The summed E-state index contributed by atoms with van der Waals surface area (Å²) < 4.78 is 2.26. The number of phenols is 1. The van der Waals surface area contributed by atoms with Crippen molar-refractivity contribution in [2.24, 2.45) is 0 Å². The second kappa shape index (κ2) is 6.09. The lowest BCUT2D eigenvalue weighted by molar-refractivity contribution is -0.401. The van der Waals surface area contributed by atoms with Gasteiger partial charge in [0.1, 0.15) is 12.8 Å². The first-order chi connectivity index (χ1) is 10.00. The van der Waals surface area contributed by atoms with E-state index in [1.807, 2.05) is 12.1 Å². The zero-order valence-corrected chi connectivity index (χ0v) is 14.6. The zero-order valence-electron chi connectivity index (χ0n) is 13.0. The molecule has 3 heteroatoms. The van der Waals surface area contributed by atoms with Crippen LogP contribution in [-0.4, -0.2) is 22.4 Å². The fourth-order valence-corrected chi connectivity index (χ4v) is 3.06. The predicted molar refractivity (Wildman–Crippen MR) is 87.5 cm³/mol. The Labute approximate surface area is 142 Å². The Kier molecular flexibility index (Phi) is 4.57. The van der Waals surface area contributed by atoms with E-state index in [9.17, 15) is 5.11 Å². The monoisotopic (exact) mass is 357 g/mol. The third-order valence-electron chi connectivity index (χ3n) is 4.27. The highest BCUT2D eigenvalue weighted by molar-refractivity contribution is 6.05. The summed E-state index contributed by atoms with van der Waals surface area (Å²) in [6, 6.07) is 15.8. The molecule has 22 heavy (non-hydrogen) atoms. The number of para-hydroxylation sites is 1. The van der Waals surface area contributed by atoms with Crippen LogP contribution in [0.15, 0.2) is 54.6 Å². The summed E-state index contributed by atoms with van der Waals surface area (Å²) in [5.74, 6) is 0.297. The molecular weight excluding hydrogens is 338 g/mol. The standard InChI is InChI=1S/C19H19NO.BrH/c1-19(2)16-6-4-5-7-17(16)20(3)18(19)13-10-14-8-11-15(21)12-9-14;/h4-13H,1-3H3;1H. The molecular formula is C19H20BrNO. The molecule has 0 atom stereocenters. The number of nitrogens with zero attached hydrogens (tertiary/aromatic N) is 1. The summed E-state index contributed by atoms with van der Waals surface area (Å²) in [6.45, 7) is 4.51. The van der Waals surface area contributed by atoms with Gasteiger partial charge in [-0.2, -0.15) is 4.58 Å². The molecule has 1 aliphatic rings. The first-order valence-electron chi connectivity index (χ1n) is 7.18. The van der Waals surface area contributed by atoms with Crippen molar-refractivity contribution in [2.75, 3.05) is 7.05 Å². The van der Waals surface area contributed by atoms with E-state index < -0.39 is 0 Å². The number of hydrogen-bond acceptors (Lipinski definition) is 1. The van der Waals surface area contributed by atoms with Crippen molar-refractivity contribution in [1.29, 1.82) is 0 Å². The normalized spacial score (nSPS) is 15.8. The molecule has 1 N–H and O–H groups in total. The first kappa shape index (κ1) is 16.5. The molecule has 3 rings (SSSR count). The van der Waals surface area contributed by atoms with Crippen LogP contribution < -0.4 is 17.0 Å². The molecule has 2 aromatic rings. The third kappa shape index (κ3) is 2.73. The third-order valence-corrected chi connectivity index (χ3v) is 4.27. The van der Waals surface area contributed by atoms with E-state index in [0.717, 1.165) is 5.56 Å². The zero-order chi connectivity index (χ0) is 15.0. The molecule has 0 aliphatic carbocycles. The lowest BCUT2D eigenvalue weighted by Crippen LogP contribution is -3.00. The van der Waals surface area contributed by atoms with Crippen molar-refractivity contribution in [3.05, 3.63) is 65.7 Å². The molecule has 0 amide bonds. The quantitative estimate of drug-likeness (QED) is 0.799. The Morgan fingerprint density at radius 2 is 1.59 bits per heavy atom. The predicted octanol–water partition coefficient (Wildman–Crippen LogP) is 1.12. The van der Waals surface area contributed by atoms with Gasteiger partial charge in [-0.1, -0.05) is 30.3 Å². The Bertz CT molecular complexity index is 742. The van der Waals surface area contributed by atoms with Crippen LogP contribution in [0.5, 0.6) is 5.75 Å². The van der Waals surface area contributed by atoms with E-state index in [2.05, 4.69) is 61.9 Å². The van der Waals surface area contributed by atoms with Crippen LogP contribution >= 0.6 is 0 Å². The molecule has 1 heterocycles. The van der Waals surface area contributed by atoms with Gasteiger partial charge in [-0.15, -0.1) is 0 Å². The SMILES string of the molecule is C[N+]1=C(/C=C/c2ccc(O)cc2)C(C)(C)c2ccccc21.[Br-]. The fraction of sp³-hybridized carbons (Fsp3) is 0.211. The van der Waals surface area contributed by atoms with Gasteiger partial charge in [0.05, 0.1) is 5.41 Å². The molecule has 1 aliphatic heterocycles. The van der Waals surface area contributed by atoms with Crippen LogP contribution in [-0.2, 0) is 5.41 Å². The molecule has 0 saturated heterocycles. The lowest BCUT2D eigenvalue weighted by Gasteiger charge is -2.15. The van der Waals surface area contributed by atoms with Crippen molar-refractivity contribution in [2.45, 2.75) is 19.3 Å². The molecule has 0 aromatic heterocycles. The van der Waals surface area contributed by atoms with E-state index in [4.69, 9.17) is 0 Å². The molecule has 0 saturated carbocycles. The number of halogens is 1. The van der Waals surface area contributed by atoms with Gasteiger partial charge in [-0.05, 0) is 37.6 Å². The molecule has 2 nitrogen and oxygen atoms in total. The molecule has 0 unspecified atom stereocenters. The largest absolute Gasteiger partial charge is 1.00 e. The summed E-state index contributed by atoms with van der Waals surface area (Å²) in [5, 5.41) is 9.34. The van der Waals surface area contributed by atoms with Gasteiger partial charge in [-0.3, -0.25) is 0 Å². The molecule has 2 aromatic carbocycles. The molecule has 0 radical (unpaired) electrons. The van der Waals surface area contributed by atoms with Gasteiger partial charge in [-0.25, -0.2) is 0 Å². The highest BCUT2D eigenvalue weighted by Gasteiger charge is 2.42. The second-order valence-corrected chi connectivity index (χ2v) is 6.01. The van der Waals surface area contributed by atoms with E-state index in [1.54, 1.807) is 12.1 Å². The average molecular weight is 358 g/mol. The van der Waals surface area contributed by atoms with Crippen molar-refractivity contribution in [3.63, 3.8) is 0 Å². The molecule has 0 bridgehead atoms. The number of rotatable bonds is 2. The summed E-state index contributed by atoms with van der Waals surface area (Å²) in [6.07, 6.45) is 4.27. The molecule has 0 fully saturated rings. The van der Waals surface area contributed by atoms with E-state index in [0.29, 0.717) is 5.75 Å². The number of allylic oxidation sites excluding steroid dienone is 1. The average Bonchev–Trinajstić information content (AvgIpc) is 2.67. The van der Waals surface area contributed by atoms with Crippen LogP contribution in [0.3, 0.4) is 0 Å². The second-order valence-electron chi connectivity index (χ2n) is 6.01. The molecule has 114 valence electrons. The summed E-state index contributed by atoms with van der Waals surface area (Å²) in [7, 11) is 2.12. The van der Waals surface area contributed by atoms with Crippen molar-refractivity contribution < 1.29 is 26.7 Å². The van der Waals surface area contributed by atoms with Crippen LogP contribution in [0, 0.1) is 0 Å². The van der Waals surface area contributed by atoms with Crippen LogP contribution in [0.1, 0.15) is 25.0 Å². The van der Waals surface area contributed by atoms with Gasteiger partial charge < -0.3 is 22.1 Å². The maximum absolute atomic E-state index is 9.34. The summed E-state index contributed by atoms with van der Waals surface area (Å²) in [4.78, 5) is 0. The van der Waals surface area contributed by atoms with Gasteiger partial charge >= 0.3 is 0 Å². The molecule has 0 spiro atoms. The topological polar surface area (TPSA) is 23.2 Å². The van der Waals surface area contributed by atoms with Crippen molar-refractivity contribution in [1.82, 2.24) is 0 Å². The smallest absolute Gasteiger partial charge is 0.209 e. The number of hydrogen-bond donors (Lipinski definition) is 1. The Balaban J connectivity index is 0.00000176. The highest BCUT2D eigenvalue weighted by atomic mass is 79.9. The summed E-state index contributed by atoms with van der Waals surface area (Å²) in [5.41, 5.74) is 4.99. The maximum Gasteiger partial charge on any atom is 0.209 e. The Hall–Kier alpha value is -1.87. The number of fused-ring (bicyclic) bond motifs is 1. The van der Waals surface area contributed by atoms with Gasteiger partial charge in [0, 0.05) is 17.7 Å². The first-order valence-corrected chi connectivity index (χ1v) is 7.18. The maximum atomic E-state index is 9.34. The van der Waals surface area contributed by atoms with Crippen molar-refractivity contribution >= 4 is 17.5 Å². The number of aromatic hydroxyl groups is 1. The van der Waals surface area contributed by atoms with E-state index in [1.165, 1.54) is 17.0 Å². The number of benzene rings is 2. The van der Waals surface area contributed by atoms with Crippen LogP contribution in [0.4, 0.5) is 5.69 Å². The highest BCUT2D eigenvalue weighted by Crippen LogP contribution is 2.39. The minimum Gasteiger partial charge on any atom is -1.00 e.